The lowest BCUT2D eigenvalue weighted by Gasteiger charge is -2.21. The van der Waals surface area contributed by atoms with Gasteiger partial charge in [-0.2, -0.15) is 0 Å². The summed E-state index contributed by atoms with van der Waals surface area (Å²) >= 11 is 0. The SMILES string of the molecule is COc1ccc(CCC2CCCCC2)cc1C. The van der Waals surface area contributed by atoms with Gasteiger partial charge in [0.25, 0.3) is 0 Å². The number of hydrogen-bond acceptors (Lipinski definition) is 1. The van der Waals surface area contributed by atoms with Gasteiger partial charge in [-0.3, -0.25) is 0 Å². The predicted octanol–water partition coefficient (Wildman–Crippen LogP) is 4.52. The maximum absolute atomic E-state index is 5.29. The van der Waals surface area contributed by atoms with Gasteiger partial charge in [-0.1, -0.05) is 44.2 Å². The first kappa shape index (κ1) is 12.5. The second kappa shape index (κ2) is 6.09. The molecular formula is C16H24O. The largest absolute Gasteiger partial charge is 0.496 e. The molecular weight excluding hydrogens is 208 g/mol. The number of methoxy groups -OCH3 is 1. The summed E-state index contributed by atoms with van der Waals surface area (Å²) in [7, 11) is 1.74. The fraction of sp³-hybridized carbons (Fsp3) is 0.625. The predicted molar refractivity (Wildman–Crippen MR) is 72.6 cm³/mol. The van der Waals surface area contributed by atoms with E-state index in [-0.39, 0.29) is 0 Å². The molecule has 0 saturated heterocycles. The van der Waals surface area contributed by atoms with Crippen LogP contribution in [0.4, 0.5) is 0 Å². The highest BCUT2D eigenvalue weighted by Gasteiger charge is 2.13. The van der Waals surface area contributed by atoms with Gasteiger partial charge >= 0.3 is 0 Å². The zero-order chi connectivity index (χ0) is 12.1. The normalized spacial score (nSPS) is 17.1. The lowest BCUT2D eigenvalue weighted by atomic mass is 9.85. The maximum Gasteiger partial charge on any atom is 0.121 e. The van der Waals surface area contributed by atoms with Crippen LogP contribution in [0.1, 0.15) is 49.7 Å². The van der Waals surface area contributed by atoms with E-state index in [1.165, 1.54) is 56.1 Å². The van der Waals surface area contributed by atoms with Crippen molar-refractivity contribution >= 4 is 0 Å². The fourth-order valence-corrected chi connectivity index (χ4v) is 2.94. The van der Waals surface area contributed by atoms with Gasteiger partial charge in [0, 0.05) is 0 Å². The molecule has 1 fully saturated rings. The van der Waals surface area contributed by atoms with Gasteiger partial charge in [-0.15, -0.1) is 0 Å². The zero-order valence-electron chi connectivity index (χ0n) is 11.2. The van der Waals surface area contributed by atoms with E-state index in [0.717, 1.165) is 11.7 Å². The van der Waals surface area contributed by atoms with Gasteiger partial charge in [0.2, 0.25) is 0 Å². The molecule has 0 N–H and O–H groups in total. The van der Waals surface area contributed by atoms with Crippen LogP contribution in [0.25, 0.3) is 0 Å². The van der Waals surface area contributed by atoms with Gasteiger partial charge < -0.3 is 4.74 Å². The lowest BCUT2D eigenvalue weighted by Crippen LogP contribution is -2.07. The molecule has 0 atom stereocenters. The second-order valence-corrected chi connectivity index (χ2v) is 5.35. The Hall–Kier alpha value is -0.980. The lowest BCUT2D eigenvalue weighted by molar-refractivity contribution is 0.339. The highest BCUT2D eigenvalue weighted by Crippen LogP contribution is 2.28. The molecule has 0 bridgehead atoms. The van der Waals surface area contributed by atoms with Gasteiger partial charge in [0.05, 0.1) is 7.11 Å². The Labute approximate surface area is 105 Å². The molecule has 0 heterocycles. The standard InChI is InChI=1S/C16H24O/c1-13-12-15(10-11-16(13)17-2)9-8-14-6-4-3-5-7-14/h10-12,14H,3-9H2,1-2H3. The van der Waals surface area contributed by atoms with Gasteiger partial charge in [-0.05, 0) is 42.9 Å². The first-order chi connectivity index (χ1) is 8.29. The molecule has 94 valence electrons. The molecule has 17 heavy (non-hydrogen) atoms. The summed E-state index contributed by atoms with van der Waals surface area (Å²) in [6.07, 6.45) is 9.86. The van der Waals surface area contributed by atoms with E-state index in [2.05, 4.69) is 25.1 Å². The van der Waals surface area contributed by atoms with Crippen molar-refractivity contribution in [2.45, 2.75) is 51.9 Å². The van der Waals surface area contributed by atoms with E-state index in [9.17, 15) is 0 Å². The van der Waals surface area contributed by atoms with Crippen LogP contribution in [0.5, 0.6) is 5.75 Å². The van der Waals surface area contributed by atoms with Gasteiger partial charge in [-0.25, -0.2) is 0 Å². The highest BCUT2D eigenvalue weighted by molar-refractivity contribution is 5.36. The van der Waals surface area contributed by atoms with E-state index in [4.69, 9.17) is 4.74 Å². The number of rotatable bonds is 4. The van der Waals surface area contributed by atoms with Crippen LogP contribution in [-0.4, -0.2) is 7.11 Å². The Morgan fingerprint density at radius 3 is 2.59 bits per heavy atom. The molecule has 1 aliphatic carbocycles. The summed E-state index contributed by atoms with van der Waals surface area (Å²) in [4.78, 5) is 0. The summed E-state index contributed by atoms with van der Waals surface area (Å²) < 4.78 is 5.29. The van der Waals surface area contributed by atoms with E-state index < -0.39 is 0 Å². The van der Waals surface area contributed by atoms with E-state index in [1.807, 2.05) is 0 Å². The number of aryl methyl sites for hydroxylation is 2. The van der Waals surface area contributed by atoms with Crippen LogP contribution < -0.4 is 4.74 Å². The fourth-order valence-electron chi connectivity index (χ4n) is 2.94. The molecule has 1 aliphatic rings. The molecule has 0 aliphatic heterocycles. The highest BCUT2D eigenvalue weighted by atomic mass is 16.5. The first-order valence-electron chi connectivity index (χ1n) is 6.93. The first-order valence-corrected chi connectivity index (χ1v) is 6.93. The molecule has 1 nitrogen and oxygen atoms in total. The summed E-state index contributed by atoms with van der Waals surface area (Å²) in [5.74, 6) is 1.98. The minimum atomic E-state index is 0.978. The third-order valence-corrected chi connectivity index (χ3v) is 4.03. The Balaban J connectivity index is 1.87. The summed E-state index contributed by atoms with van der Waals surface area (Å²) in [6, 6.07) is 6.60. The van der Waals surface area contributed by atoms with Crippen LogP contribution in [0.2, 0.25) is 0 Å². The zero-order valence-corrected chi connectivity index (χ0v) is 11.2. The Kier molecular flexibility index (Phi) is 4.47. The van der Waals surface area contributed by atoms with Crippen molar-refractivity contribution in [3.05, 3.63) is 29.3 Å². The topological polar surface area (TPSA) is 9.23 Å². The van der Waals surface area contributed by atoms with Crippen molar-refractivity contribution in [2.24, 2.45) is 5.92 Å². The monoisotopic (exact) mass is 232 g/mol. The Bertz CT molecular complexity index is 351. The van der Waals surface area contributed by atoms with Crippen molar-refractivity contribution in [3.63, 3.8) is 0 Å². The number of ether oxygens (including phenoxy) is 1. The van der Waals surface area contributed by atoms with E-state index in [0.29, 0.717) is 0 Å². The summed E-state index contributed by atoms with van der Waals surface area (Å²) in [6.45, 7) is 2.13. The van der Waals surface area contributed by atoms with Crippen molar-refractivity contribution in [1.29, 1.82) is 0 Å². The smallest absolute Gasteiger partial charge is 0.121 e. The average molecular weight is 232 g/mol. The molecule has 0 spiro atoms. The summed E-state index contributed by atoms with van der Waals surface area (Å²) in [5.41, 5.74) is 2.72. The molecule has 1 aromatic carbocycles. The molecule has 0 radical (unpaired) electrons. The maximum atomic E-state index is 5.29. The molecule has 1 saturated carbocycles. The van der Waals surface area contributed by atoms with Crippen molar-refractivity contribution in [3.8, 4) is 5.75 Å². The van der Waals surface area contributed by atoms with Crippen LogP contribution in [0.15, 0.2) is 18.2 Å². The van der Waals surface area contributed by atoms with Crippen molar-refractivity contribution < 1.29 is 4.74 Å². The van der Waals surface area contributed by atoms with Crippen molar-refractivity contribution in [2.75, 3.05) is 7.11 Å². The molecule has 2 rings (SSSR count). The van der Waals surface area contributed by atoms with Crippen LogP contribution in [-0.2, 0) is 6.42 Å². The third-order valence-electron chi connectivity index (χ3n) is 4.03. The average Bonchev–Trinajstić information content (AvgIpc) is 2.38. The number of benzene rings is 1. The van der Waals surface area contributed by atoms with Crippen molar-refractivity contribution in [1.82, 2.24) is 0 Å². The minimum Gasteiger partial charge on any atom is -0.496 e. The molecule has 0 unspecified atom stereocenters. The Morgan fingerprint density at radius 2 is 1.94 bits per heavy atom. The molecule has 1 heteroatoms. The Morgan fingerprint density at radius 1 is 1.18 bits per heavy atom. The minimum absolute atomic E-state index is 0.978. The third kappa shape index (κ3) is 3.49. The van der Waals surface area contributed by atoms with Crippen LogP contribution >= 0.6 is 0 Å². The second-order valence-electron chi connectivity index (χ2n) is 5.35. The van der Waals surface area contributed by atoms with Crippen LogP contribution in [0.3, 0.4) is 0 Å². The van der Waals surface area contributed by atoms with Crippen LogP contribution in [0, 0.1) is 12.8 Å². The molecule has 0 amide bonds. The van der Waals surface area contributed by atoms with E-state index in [1.54, 1.807) is 7.11 Å². The number of hydrogen-bond donors (Lipinski definition) is 0. The molecule has 1 aromatic rings. The quantitative estimate of drug-likeness (QED) is 0.741. The van der Waals surface area contributed by atoms with Gasteiger partial charge in [0.15, 0.2) is 0 Å². The van der Waals surface area contributed by atoms with Gasteiger partial charge in [0.1, 0.15) is 5.75 Å². The van der Waals surface area contributed by atoms with E-state index >= 15 is 0 Å². The molecule has 0 aromatic heterocycles. The summed E-state index contributed by atoms with van der Waals surface area (Å²) in [5, 5.41) is 0.